The Morgan fingerprint density at radius 1 is 1.50 bits per heavy atom. The number of hydrogen-bond donors (Lipinski definition) is 2. The summed E-state index contributed by atoms with van der Waals surface area (Å²) in [6.45, 7) is 1.87. The molecule has 0 fully saturated rings. The van der Waals surface area contributed by atoms with Gasteiger partial charge in [0.25, 0.3) is 5.91 Å². The lowest BCUT2D eigenvalue weighted by molar-refractivity contribution is 0.103. The highest BCUT2D eigenvalue weighted by atomic mass is 79.9. The Labute approximate surface area is 122 Å². The quantitative estimate of drug-likeness (QED) is 0.797. The average molecular weight is 346 g/mol. The van der Waals surface area contributed by atoms with E-state index in [2.05, 4.69) is 21.2 Å². The lowest BCUT2D eigenvalue weighted by Crippen LogP contribution is -2.11. The van der Waals surface area contributed by atoms with Crippen molar-refractivity contribution in [2.24, 2.45) is 0 Å². The van der Waals surface area contributed by atoms with Crippen LogP contribution in [0.1, 0.15) is 15.2 Å². The fourth-order valence-corrected chi connectivity index (χ4v) is 3.06. The number of carbonyl (C=O) groups excluding carboxylic acids is 1. The van der Waals surface area contributed by atoms with Gasteiger partial charge in [-0.25, -0.2) is 0 Å². The van der Waals surface area contributed by atoms with E-state index in [-0.39, 0.29) is 5.91 Å². The summed E-state index contributed by atoms with van der Waals surface area (Å²) in [7, 11) is 0. The van der Waals surface area contributed by atoms with Crippen LogP contribution in [0.2, 0.25) is 5.02 Å². The van der Waals surface area contributed by atoms with E-state index in [1.54, 1.807) is 18.2 Å². The molecule has 0 unspecified atom stereocenters. The van der Waals surface area contributed by atoms with Crippen molar-refractivity contribution in [1.29, 1.82) is 0 Å². The molecule has 0 aliphatic heterocycles. The molecule has 94 valence electrons. The van der Waals surface area contributed by atoms with Crippen LogP contribution >= 0.6 is 38.9 Å². The second kappa shape index (κ2) is 5.30. The molecule has 0 radical (unpaired) electrons. The maximum atomic E-state index is 12.0. The first-order valence-electron chi connectivity index (χ1n) is 5.09. The van der Waals surface area contributed by atoms with Crippen LogP contribution < -0.4 is 11.1 Å². The summed E-state index contributed by atoms with van der Waals surface area (Å²) in [5.41, 5.74) is 7.83. The van der Waals surface area contributed by atoms with E-state index in [0.717, 1.165) is 10.0 Å². The maximum absolute atomic E-state index is 12.0. The van der Waals surface area contributed by atoms with Crippen LogP contribution in [0, 0.1) is 6.92 Å². The topological polar surface area (TPSA) is 55.1 Å². The molecule has 1 aromatic heterocycles. The molecule has 3 nitrogen and oxygen atoms in total. The van der Waals surface area contributed by atoms with Crippen LogP contribution in [0.25, 0.3) is 0 Å². The van der Waals surface area contributed by atoms with Crippen LogP contribution in [-0.2, 0) is 0 Å². The Kier molecular flexibility index (Phi) is 3.94. The lowest BCUT2D eigenvalue weighted by Gasteiger charge is -2.07. The first-order valence-corrected chi connectivity index (χ1v) is 7.14. The highest BCUT2D eigenvalue weighted by Crippen LogP contribution is 2.30. The highest BCUT2D eigenvalue weighted by Gasteiger charge is 2.15. The van der Waals surface area contributed by atoms with Gasteiger partial charge in [0.1, 0.15) is 4.88 Å². The summed E-state index contributed by atoms with van der Waals surface area (Å²) in [6, 6.07) is 5.20. The molecule has 0 bridgehead atoms. The summed E-state index contributed by atoms with van der Waals surface area (Å²) in [5, 5.41) is 5.15. The van der Waals surface area contributed by atoms with Crippen molar-refractivity contribution in [2.45, 2.75) is 6.92 Å². The van der Waals surface area contributed by atoms with Gasteiger partial charge in [0, 0.05) is 10.2 Å². The van der Waals surface area contributed by atoms with Crippen LogP contribution in [0.5, 0.6) is 0 Å². The third kappa shape index (κ3) is 2.68. The number of benzene rings is 1. The minimum atomic E-state index is -0.219. The molecular weight excluding hydrogens is 336 g/mol. The Balaban J connectivity index is 2.24. The number of rotatable bonds is 2. The van der Waals surface area contributed by atoms with Crippen LogP contribution in [-0.4, -0.2) is 5.91 Å². The summed E-state index contributed by atoms with van der Waals surface area (Å²) >= 11 is 10.7. The Morgan fingerprint density at radius 3 is 2.78 bits per heavy atom. The number of halogens is 2. The molecule has 6 heteroatoms. The number of carbonyl (C=O) groups is 1. The van der Waals surface area contributed by atoms with E-state index in [1.807, 2.05) is 12.3 Å². The van der Waals surface area contributed by atoms with Gasteiger partial charge >= 0.3 is 0 Å². The molecule has 2 aromatic rings. The third-order valence-electron chi connectivity index (χ3n) is 2.35. The standard InChI is InChI=1S/C12H10BrClN2OS/c1-6-5-18-11(10(6)14)12(17)16-9-3-2-7(15)4-8(9)13/h2-5H,15H2,1H3,(H,16,17). The number of nitrogen functional groups attached to an aromatic ring is 1. The van der Waals surface area contributed by atoms with Gasteiger partial charge in [-0.1, -0.05) is 11.6 Å². The Hall–Kier alpha value is -1.04. The number of amides is 1. The van der Waals surface area contributed by atoms with Gasteiger partial charge in [0.15, 0.2) is 0 Å². The number of aryl methyl sites for hydroxylation is 1. The van der Waals surface area contributed by atoms with Crippen molar-refractivity contribution >= 4 is 56.1 Å². The second-order valence-electron chi connectivity index (χ2n) is 3.76. The molecule has 0 aliphatic rings. The van der Waals surface area contributed by atoms with Crippen molar-refractivity contribution in [3.05, 3.63) is 43.5 Å². The third-order valence-corrected chi connectivity index (χ3v) is 4.70. The second-order valence-corrected chi connectivity index (χ2v) is 5.87. The number of anilines is 2. The number of thiophene rings is 1. The Morgan fingerprint density at radius 2 is 2.22 bits per heavy atom. The maximum Gasteiger partial charge on any atom is 0.267 e. The minimum absolute atomic E-state index is 0.219. The highest BCUT2D eigenvalue weighted by molar-refractivity contribution is 9.10. The van der Waals surface area contributed by atoms with Gasteiger partial charge in [-0.3, -0.25) is 4.79 Å². The minimum Gasteiger partial charge on any atom is -0.399 e. The molecule has 3 N–H and O–H groups in total. The number of hydrogen-bond acceptors (Lipinski definition) is 3. The van der Waals surface area contributed by atoms with Crippen molar-refractivity contribution in [2.75, 3.05) is 11.1 Å². The van der Waals surface area contributed by atoms with E-state index in [0.29, 0.717) is 21.3 Å². The molecule has 1 amide bonds. The van der Waals surface area contributed by atoms with Gasteiger partial charge in [-0.05, 0) is 52.0 Å². The van der Waals surface area contributed by atoms with E-state index >= 15 is 0 Å². The zero-order valence-corrected chi connectivity index (χ0v) is 12.6. The van der Waals surface area contributed by atoms with Crippen molar-refractivity contribution in [3.63, 3.8) is 0 Å². The molecule has 0 spiro atoms. The number of nitrogens with one attached hydrogen (secondary N) is 1. The molecule has 1 aromatic carbocycles. The van der Waals surface area contributed by atoms with Crippen LogP contribution in [0.4, 0.5) is 11.4 Å². The van der Waals surface area contributed by atoms with Gasteiger partial charge < -0.3 is 11.1 Å². The molecule has 0 saturated carbocycles. The molecule has 0 aliphatic carbocycles. The van der Waals surface area contributed by atoms with E-state index in [1.165, 1.54) is 11.3 Å². The molecule has 0 saturated heterocycles. The number of nitrogens with two attached hydrogens (primary N) is 1. The first kappa shape index (κ1) is 13.4. The molecule has 2 rings (SSSR count). The summed E-state index contributed by atoms with van der Waals surface area (Å²) in [6.07, 6.45) is 0. The van der Waals surface area contributed by atoms with Gasteiger partial charge in [-0.2, -0.15) is 0 Å². The fourth-order valence-electron chi connectivity index (χ4n) is 1.39. The van der Waals surface area contributed by atoms with E-state index < -0.39 is 0 Å². The van der Waals surface area contributed by atoms with E-state index in [9.17, 15) is 4.79 Å². The normalized spacial score (nSPS) is 10.4. The zero-order chi connectivity index (χ0) is 13.3. The summed E-state index contributed by atoms with van der Waals surface area (Å²) in [4.78, 5) is 12.6. The molecular formula is C12H10BrClN2OS. The van der Waals surface area contributed by atoms with Crippen LogP contribution in [0.3, 0.4) is 0 Å². The average Bonchev–Trinajstić information content (AvgIpc) is 2.64. The monoisotopic (exact) mass is 344 g/mol. The smallest absolute Gasteiger partial charge is 0.267 e. The van der Waals surface area contributed by atoms with Gasteiger partial charge in [0.05, 0.1) is 10.7 Å². The predicted octanol–water partition coefficient (Wildman–Crippen LogP) is 4.31. The molecule has 0 atom stereocenters. The van der Waals surface area contributed by atoms with Crippen molar-refractivity contribution in [3.8, 4) is 0 Å². The SMILES string of the molecule is Cc1csc(C(=O)Nc2ccc(N)cc2Br)c1Cl. The van der Waals surface area contributed by atoms with Gasteiger partial charge in [-0.15, -0.1) is 11.3 Å². The Bertz CT molecular complexity index is 612. The predicted molar refractivity (Wildman–Crippen MR) is 80.6 cm³/mol. The molecule has 1 heterocycles. The fraction of sp³-hybridized carbons (Fsp3) is 0.0833. The first-order chi connectivity index (χ1) is 8.49. The lowest BCUT2D eigenvalue weighted by atomic mass is 10.2. The van der Waals surface area contributed by atoms with Crippen molar-refractivity contribution < 1.29 is 4.79 Å². The summed E-state index contributed by atoms with van der Waals surface area (Å²) < 4.78 is 0.736. The zero-order valence-electron chi connectivity index (χ0n) is 9.46. The molecule has 18 heavy (non-hydrogen) atoms. The summed E-state index contributed by atoms with van der Waals surface area (Å²) in [5.74, 6) is -0.219. The van der Waals surface area contributed by atoms with Crippen molar-refractivity contribution in [1.82, 2.24) is 0 Å². The van der Waals surface area contributed by atoms with Crippen LogP contribution in [0.15, 0.2) is 28.1 Å². The van der Waals surface area contributed by atoms with Gasteiger partial charge in [0.2, 0.25) is 0 Å². The van der Waals surface area contributed by atoms with E-state index in [4.69, 9.17) is 17.3 Å². The largest absolute Gasteiger partial charge is 0.399 e.